The van der Waals surface area contributed by atoms with E-state index >= 15 is 0 Å². The molecule has 0 aliphatic rings. The number of H-pyrrole nitrogens is 1. The van der Waals surface area contributed by atoms with E-state index in [1.807, 2.05) is 27.0 Å². The Kier molecular flexibility index (Phi) is 5.46. The van der Waals surface area contributed by atoms with Gasteiger partial charge < -0.3 is 10.1 Å². The number of hydrogen-bond donors (Lipinski definition) is 3. The number of hydrogen-bond acceptors (Lipinski definition) is 7. The van der Waals surface area contributed by atoms with Gasteiger partial charge in [0.15, 0.2) is 21.5 Å². The van der Waals surface area contributed by atoms with E-state index in [-0.39, 0.29) is 6.10 Å². The summed E-state index contributed by atoms with van der Waals surface area (Å²) in [4.78, 5) is 9.34. The van der Waals surface area contributed by atoms with Gasteiger partial charge in [0.2, 0.25) is 0 Å². The van der Waals surface area contributed by atoms with Crippen molar-refractivity contribution < 1.29 is 8.95 Å². The molecule has 0 amide bonds. The summed E-state index contributed by atoms with van der Waals surface area (Å²) in [6, 6.07) is 7.27. The zero-order chi connectivity index (χ0) is 21.3. The van der Waals surface area contributed by atoms with Crippen molar-refractivity contribution in [3.05, 3.63) is 36.8 Å². The van der Waals surface area contributed by atoms with Crippen molar-refractivity contribution in [2.45, 2.75) is 24.8 Å². The number of ether oxygens (including phenoxy) is 1. The summed E-state index contributed by atoms with van der Waals surface area (Å²) in [7, 11) is 1.79. The topological polar surface area (TPSA) is 123 Å². The molecular formula is C19H23N8O2S+. The molecule has 1 unspecified atom stereocenters. The molecule has 0 radical (unpaired) electrons. The second-order valence-corrected chi connectivity index (χ2v) is 8.40. The van der Waals surface area contributed by atoms with E-state index in [1.54, 1.807) is 36.1 Å². The van der Waals surface area contributed by atoms with Crippen LogP contribution in [0.15, 0.2) is 41.7 Å². The fraction of sp³-hybridized carbons (Fsp3) is 0.263. The number of aryl methyl sites for hydroxylation is 1. The monoisotopic (exact) mass is 427 g/mol. The molecule has 11 heteroatoms. The molecule has 1 atom stereocenters. The predicted octanol–water partition coefficient (Wildman–Crippen LogP) is 2.47. The number of fused-ring (bicyclic) bond motifs is 1. The molecule has 3 heterocycles. The minimum atomic E-state index is -1.72. The van der Waals surface area contributed by atoms with Crippen molar-refractivity contribution >= 4 is 33.5 Å². The largest absolute Gasteiger partial charge is 0.489 e. The van der Waals surface area contributed by atoms with Crippen molar-refractivity contribution in [2.75, 3.05) is 12.4 Å². The van der Waals surface area contributed by atoms with Crippen LogP contribution >= 0.6 is 0 Å². The molecule has 0 fully saturated rings. The molecule has 0 spiro atoms. The van der Waals surface area contributed by atoms with E-state index in [4.69, 9.17) is 4.74 Å². The molecule has 0 bridgehead atoms. The quantitative estimate of drug-likeness (QED) is 0.306. The number of nitrogens with one attached hydrogen (secondary N) is 3. The zero-order valence-corrected chi connectivity index (χ0v) is 17.9. The van der Waals surface area contributed by atoms with Crippen LogP contribution in [-0.4, -0.2) is 43.1 Å². The highest BCUT2D eigenvalue weighted by Crippen LogP contribution is 2.35. The third kappa shape index (κ3) is 3.76. The van der Waals surface area contributed by atoms with Gasteiger partial charge in [-0.3, -0.25) is 9.78 Å². The summed E-state index contributed by atoms with van der Waals surface area (Å²) in [6.07, 6.45) is 3.13. The van der Waals surface area contributed by atoms with Crippen molar-refractivity contribution in [2.24, 2.45) is 7.05 Å². The molecule has 0 saturated heterocycles. The Morgan fingerprint density at radius 3 is 2.77 bits per heavy atom. The van der Waals surface area contributed by atoms with E-state index in [0.29, 0.717) is 27.8 Å². The van der Waals surface area contributed by atoms with Crippen LogP contribution in [0, 0.1) is 0 Å². The first-order valence-electron chi connectivity index (χ1n) is 9.37. The lowest BCUT2D eigenvalue weighted by Crippen LogP contribution is -2.11. The van der Waals surface area contributed by atoms with E-state index in [1.165, 1.54) is 6.33 Å². The first-order valence-corrected chi connectivity index (χ1v) is 10.6. The average molecular weight is 428 g/mol. The number of thiol groups is 1. The van der Waals surface area contributed by atoms with Crippen molar-refractivity contribution in [3.63, 3.8) is 0 Å². The van der Waals surface area contributed by atoms with Crippen LogP contribution in [0.5, 0.6) is 5.75 Å². The lowest BCUT2D eigenvalue weighted by atomic mass is 10.2. The number of nitrogens with zero attached hydrogens (tertiary/aromatic N) is 5. The van der Waals surface area contributed by atoms with Gasteiger partial charge in [-0.25, -0.2) is 9.97 Å². The Morgan fingerprint density at radius 1 is 1.23 bits per heavy atom. The fourth-order valence-electron chi connectivity index (χ4n) is 3.11. The SMILES string of the molecule is CN[SH+](=O)c1ccc(OC(C)C)c(Nc2ncnc3n[nH]c(-c4ccnn4C)c23)c1. The van der Waals surface area contributed by atoms with Crippen LogP contribution in [0.3, 0.4) is 0 Å². The maximum Gasteiger partial charge on any atom is 0.186 e. The van der Waals surface area contributed by atoms with Gasteiger partial charge in [-0.05, 0) is 32.0 Å². The van der Waals surface area contributed by atoms with Crippen molar-refractivity contribution in [1.82, 2.24) is 34.7 Å². The summed E-state index contributed by atoms with van der Waals surface area (Å²) in [5.74, 6) is 1.18. The highest BCUT2D eigenvalue weighted by molar-refractivity contribution is 7.83. The minimum Gasteiger partial charge on any atom is -0.489 e. The van der Waals surface area contributed by atoms with Crippen molar-refractivity contribution in [1.29, 1.82) is 0 Å². The van der Waals surface area contributed by atoms with Crippen molar-refractivity contribution in [3.8, 4) is 17.1 Å². The second kappa shape index (κ2) is 8.20. The van der Waals surface area contributed by atoms with Gasteiger partial charge in [0.25, 0.3) is 0 Å². The van der Waals surface area contributed by atoms with Gasteiger partial charge >= 0.3 is 0 Å². The van der Waals surface area contributed by atoms with Crippen LogP contribution < -0.4 is 14.8 Å². The number of aromatic amines is 1. The second-order valence-electron chi connectivity index (χ2n) is 6.85. The third-order valence-corrected chi connectivity index (χ3v) is 5.60. The van der Waals surface area contributed by atoms with Gasteiger partial charge in [0.05, 0.1) is 28.6 Å². The summed E-state index contributed by atoms with van der Waals surface area (Å²) >= 11 is 0. The van der Waals surface area contributed by atoms with Crippen LogP contribution in [0.2, 0.25) is 0 Å². The molecule has 4 aromatic rings. The summed E-state index contributed by atoms with van der Waals surface area (Å²) < 4.78 is 22.8. The molecule has 156 valence electrons. The molecule has 30 heavy (non-hydrogen) atoms. The van der Waals surface area contributed by atoms with Gasteiger partial charge in [-0.15, -0.1) is 4.72 Å². The zero-order valence-electron chi connectivity index (χ0n) is 17.0. The van der Waals surface area contributed by atoms with Gasteiger partial charge in [-0.2, -0.15) is 10.2 Å². The Balaban J connectivity index is 1.83. The fourth-order valence-corrected chi connectivity index (χ4v) is 3.83. The third-order valence-electron chi connectivity index (χ3n) is 4.44. The molecule has 4 rings (SSSR count). The maximum absolute atomic E-state index is 12.3. The number of anilines is 2. The Labute approximate surface area is 175 Å². The number of benzene rings is 1. The highest BCUT2D eigenvalue weighted by Gasteiger charge is 2.19. The molecule has 3 aromatic heterocycles. The standard InChI is InChI=1S/C19H22N8O2S/c1-11(2)29-15-6-5-12(30(28)20-3)9-13(15)24-18-16-17(14-7-8-23-27(14)4)25-26-19(16)22-10-21-18/h5-11H,1-4H3,(H,20,28)(H2,21,22,24,25,26)/p+1. The molecule has 0 saturated carbocycles. The number of aromatic nitrogens is 6. The smallest absolute Gasteiger partial charge is 0.186 e. The van der Waals surface area contributed by atoms with Gasteiger partial charge in [-0.1, -0.05) is 4.21 Å². The predicted molar refractivity (Wildman–Crippen MR) is 116 cm³/mol. The summed E-state index contributed by atoms with van der Waals surface area (Å²) in [6.45, 7) is 3.90. The van der Waals surface area contributed by atoms with Crippen LogP contribution in [0.1, 0.15) is 13.8 Å². The normalized spacial score (nSPS) is 12.4. The van der Waals surface area contributed by atoms with Crippen LogP contribution in [0.4, 0.5) is 11.5 Å². The summed E-state index contributed by atoms with van der Waals surface area (Å²) in [5.41, 5.74) is 2.77. The highest BCUT2D eigenvalue weighted by atomic mass is 32.2. The molecule has 1 aromatic carbocycles. The molecule has 3 N–H and O–H groups in total. The minimum absolute atomic E-state index is 0.0289. The van der Waals surface area contributed by atoms with Gasteiger partial charge in [0.1, 0.15) is 17.9 Å². The summed E-state index contributed by atoms with van der Waals surface area (Å²) in [5, 5.41) is 15.6. The Morgan fingerprint density at radius 2 is 2.07 bits per heavy atom. The Bertz CT molecular complexity index is 1220. The number of rotatable bonds is 7. The van der Waals surface area contributed by atoms with Gasteiger partial charge in [0, 0.05) is 26.4 Å². The molecule has 0 aliphatic carbocycles. The Hall–Kier alpha value is -3.31. The average Bonchev–Trinajstić information content (AvgIpc) is 3.34. The van der Waals surface area contributed by atoms with E-state index in [0.717, 1.165) is 16.8 Å². The van der Waals surface area contributed by atoms with E-state index in [2.05, 4.69) is 35.3 Å². The molecule has 10 nitrogen and oxygen atoms in total. The van der Waals surface area contributed by atoms with E-state index in [9.17, 15) is 4.21 Å². The molecule has 0 aliphatic heterocycles. The first-order chi connectivity index (χ1) is 14.5. The first kappa shape index (κ1) is 20.0. The maximum atomic E-state index is 12.3. The lowest BCUT2D eigenvalue weighted by molar-refractivity contribution is 0.243. The van der Waals surface area contributed by atoms with E-state index < -0.39 is 11.0 Å². The van der Waals surface area contributed by atoms with Crippen LogP contribution in [0.25, 0.3) is 22.4 Å². The molecular weight excluding hydrogens is 404 g/mol. The van der Waals surface area contributed by atoms with Crippen LogP contribution in [-0.2, 0) is 22.2 Å². The lowest BCUT2D eigenvalue weighted by Gasteiger charge is -2.16.